The van der Waals surface area contributed by atoms with E-state index in [0.29, 0.717) is 11.0 Å². The lowest BCUT2D eigenvalue weighted by Crippen LogP contribution is -2.10. The summed E-state index contributed by atoms with van der Waals surface area (Å²) in [7, 11) is 5.64. The SMILES string of the molecule is [B]c1ccc([C@H](C)Nc2cncc(Cl)n2)cc1. The first-order chi connectivity index (χ1) is 8.15. The van der Waals surface area contributed by atoms with Crippen LogP contribution in [0.3, 0.4) is 0 Å². The van der Waals surface area contributed by atoms with Gasteiger partial charge in [0.15, 0.2) is 0 Å². The second kappa shape index (κ2) is 5.19. The highest BCUT2D eigenvalue weighted by molar-refractivity contribution is 6.32. The Hall–Kier alpha value is -1.55. The lowest BCUT2D eigenvalue weighted by Gasteiger charge is -2.14. The summed E-state index contributed by atoms with van der Waals surface area (Å²) in [6.45, 7) is 2.04. The Balaban J connectivity index is 2.11. The first-order valence-electron chi connectivity index (χ1n) is 5.24. The van der Waals surface area contributed by atoms with Gasteiger partial charge in [0.05, 0.1) is 12.4 Å². The largest absolute Gasteiger partial charge is 0.362 e. The minimum atomic E-state index is 0.114. The number of hydrogen-bond donors (Lipinski definition) is 1. The van der Waals surface area contributed by atoms with Crippen LogP contribution in [0.15, 0.2) is 36.7 Å². The average molecular weight is 244 g/mol. The minimum Gasteiger partial charge on any atom is -0.362 e. The van der Waals surface area contributed by atoms with Crippen LogP contribution in [0.1, 0.15) is 18.5 Å². The summed E-state index contributed by atoms with van der Waals surface area (Å²) in [6, 6.07) is 7.81. The molecule has 0 unspecified atom stereocenters. The molecule has 1 N–H and O–H groups in total. The molecular weight excluding hydrogens is 232 g/mol. The van der Waals surface area contributed by atoms with Crippen LogP contribution in [0.5, 0.6) is 0 Å². The van der Waals surface area contributed by atoms with E-state index in [2.05, 4.69) is 15.3 Å². The average Bonchev–Trinajstić information content (AvgIpc) is 2.29. The summed E-state index contributed by atoms with van der Waals surface area (Å²) >= 11 is 5.76. The predicted molar refractivity (Wildman–Crippen MR) is 70.9 cm³/mol. The van der Waals surface area contributed by atoms with E-state index in [1.54, 1.807) is 6.20 Å². The molecule has 0 aliphatic heterocycles. The zero-order valence-corrected chi connectivity index (χ0v) is 10.1. The highest BCUT2D eigenvalue weighted by Gasteiger charge is 2.06. The molecule has 17 heavy (non-hydrogen) atoms. The molecule has 0 amide bonds. The van der Waals surface area contributed by atoms with Crippen molar-refractivity contribution in [1.29, 1.82) is 0 Å². The van der Waals surface area contributed by atoms with Crippen molar-refractivity contribution in [3.63, 3.8) is 0 Å². The molecule has 2 radical (unpaired) electrons. The molecule has 0 fully saturated rings. The van der Waals surface area contributed by atoms with Crippen LogP contribution in [0.25, 0.3) is 0 Å². The van der Waals surface area contributed by atoms with Gasteiger partial charge in [0.25, 0.3) is 0 Å². The van der Waals surface area contributed by atoms with Gasteiger partial charge < -0.3 is 5.32 Å². The summed E-state index contributed by atoms with van der Waals surface area (Å²) in [6.07, 6.45) is 3.14. The summed E-state index contributed by atoms with van der Waals surface area (Å²) < 4.78 is 0. The fourth-order valence-electron chi connectivity index (χ4n) is 1.50. The molecule has 2 aromatic rings. The van der Waals surface area contributed by atoms with Crippen molar-refractivity contribution in [3.8, 4) is 0 Å². The number of aromatic nitrogens is 2. The predicted octanol–water partition coefficient (Wildman–Crippen LogP) is 2.10. The molecule has 5 heteroatoms. The summed E-state index contributed by atoms with van der Waals surface area (Å²) in [5, 5.41) is 3.59. The molecule has 1 atom stereocenters. The topological polar surface area (TPSA) is 37.8 Å². The summed E-state index contributed by atoms with van der Waals surface area (Å²) in [4.78, 5) is 8.09. The van der Waals surface area contributed by atoms with E-state index in [1.165, 1.54) is 6.20 Å². The zero-order chi connectivity index (χ0) is 12.3. The Labute approximate surface area is 107 Å². The smallest absolute Gasteiger partial charge is 0.149 e. The zero-order valence-electron chi connectivity index (χ0n) is 9.39. The molecule has 0 saturated carbocycles. The Morgan fingerprint density at radius 3 is 2.59 bits per heavy atom. The van der Waals surface area contributed by atoms with E-state index >= 15 is 0 Å². The number of anilines is 1. The second-order valence-electron chi connectivity index (χ2n) is 3.76. The molecule has 0 aliphatic rings. The second-order valence-corrected chi connectivity index (χ2v) is 4.15. The molecule has 0 bridgehead atoms. The first kappa shape index (κ1) is 11.9. The molecule has 0 spiro atoms. The Morgan fingerprint density at radius 1 is 1.24 bits per heavy atom. The first-order valence-corrected chi connectivity index (χ1v) is 5.62. The van der Waals surface area contributed by atoms with Crippen molar-refractivity contribution in [2.75, 3.05) is 5.32 Å². The quantitative estimate of drug-likeness (QED) is 0.839. The van der Waals surface area contributed by atoms with Gasteiger partial charge in [-0.15, -0.1) is 0 Å². The molecule has 1 aromatic heterocycles. The third-order valence-electron chi connectivity index (χ3n) is 2.41. The van der Waals surface area contributed by atoms with Crippen molar-refractivity contribution in [2.45, 2.75) is 13.0 Å². The Bertz CT molecular complexity index is 501. The maximum atomic E-state index is 5.76. The highest BCUT2D eigenvalue weighted by Crippen LogP contribution is 2.17. The molecule has 84 valence electrons. The molecule has 1 aromatic carbocycles. The van der Waals surface area contributed by atoms with Crippen LogP contribution >= 0.6 is 11.6 Å². The van der Waals surface area contributed by atoms with Gasteiger partial charge in [0, 0.05) is 6.04 Å². The van der Waals surface area contributed by atoms with E-state index in [9.17, 15) is 0 Å². The van der Waals surface area contributed by atoms with E-state index < -0.39 is 0 Å². The van der Waals surface area contributed by atoms with Crippen LogP contribution in [0.4, 0.5) is 5.82 Å². The van der Waals surface area contributed by atoms with Gasteiger partial charge in [-0.05, 0) is 12.5 Å². The molecular formula is C12H11BClN3. The van der Waals surface area contributed by atoms with Crippen molar-refractivity contribution in [2.24, 2.45) is 0 Å². The molecule has 1 heterocycles. The molecule has 0 aliphatic carbocycles. The van der Waals surface area contributed by atoms with Crippen LogP contribution < -0.4 is 10.8 Å². The normalized spacial score (nSPS) is 12.1. The van der Waals surface area contributed by atoms with Crippen molar-refractivity contribution < 1.29 is 0 Å². The van der Waals surface area contributed by atoms with Crippen LogP contribution in [-0.4, -0.2) is 17.8 Å². The van der Waals surface area contributed by atoms with Gasteiger partial charge in [0.2, 0.25) is 0 Å². The lowest BCUT2D eigenvalue weighted by molar-refractivity contribution is 0.872. The van der Waals surface area contributed by atoms with Crippen LogP contribution in [-0.2, 0) is 0 Å². The lowest BCUT2D eigenvalue weighted by atomic mass is 9.94. The van der Waals surface area contributed by atoms with Crippen LogP contribution in [0.2, 0.25) is 5.15 Å². The minimum absolute atomic E-state index is 0.114. The van der Waals surface area contributed by atoms with Gasteiger partial charge in [0.1, 0.15) is 18.8 Å². The van der Waals surface area contributed by atoms with Gasteiger partial charge in [-0.3, -0.25) is 4.98 Å². The molecule has 0 saturated heterocycles. The van der Waals surface area contributed by atoms with E-state index in [1.807, 2.05) is 31.2 Å². The number of benzene rings is 1. The number of halogens is 1. The fraction of sp³-hybridized carbons (Fsp3) is 0.167. The standard InChI is InChI=1S/C12H11BClN3/c1-8(9-2-4-10(13)5-3-9)16-12-7-15-6-11(14)17-12/h2-8H,1H3,(H,16,17)/t8-/m0/s1. The maximum Gasteiger partial charge on any atom is 0.149 e. The Morgan fingerprint density at radius 2 is 1.94 bits per heavy atom. The number of rotatable bonds is 3. The number of nitrogens with zero attached hydrogens (tertiary/aromatic N) is 2. The summed E-state index contributed by atoms with van der Waals surface area (Å²) in [5.74, 6) is 0.654. The van der Waals surface area contributed by atoms with Gasteiger partial charge >= 0.3 is 0 Å². The van der Waals surface area contributed by atoms with Crippen molar-refractivity contribution in [3.05, 3.63) is 47.4 Å². The van der Waals surface area contributed by atoms with Gasteiger partial charge in [-0.1, -0.05) is 41.3 Å². The fourth-order valence-corrected chi connectivity index (χ4v) is 1.65. The third kappa shape index (κ3) is 3.20. The van der Waals surface area contributed by atoms with Gasteiger partial charge in [-0.25, -0.2) is 4.98 Å². The summed E-state index contributed by atoms with van der Waals surface area (Å²) in [5.41, 5.74) is 1.88. The van der Waals surface area contributed by atoms with E-state index in [0.717, 1.165) is 11.0 Å². The van der Waals surface area contributed by atoms with Crippen molar-refractivity contribution >= 4 is 30.7 Å². The Kier molecular flexibility index (Phi) is 3.64. The number of hydrogen-bond acceptors (Lipinski definition) is 3. The van der Waals surface area contributed by atoms with E-state index in [-0.39, 0.29) is 6.04 Å². The maximum absolute atomic E-state index is 5.76. The van der Waals surface area contributed by atoms with Crippen LogP contribution in [0, 0.1) is 0 Å². The van der Waals surface area contributed by atoms with Gasteiger partial charge in [-0.2, -0.15) is 0 Å². The number of nitrogens with one attached hydrogen (secondary N) is 1. The third-order valence-corrected chi connectivity index (χ3v) is 2.59. The van der Waals surface area contributed by atoms with E-state index in [4.69, 9.17) is 19.4 Å². The monoisotopic (exact) mass is 243 g/mol. The molecule has 3 nitrogen and oxygen atoms in total. The highest BCUT2D eigenvalue weighted by atomic mass is 35.5. The van der Waals surface area contributed by atoms with Crippen molar-refractivity contribution in [1.82, 2.24) is 9.97 Å². The molecule has 2 rings (SSSR count).